The van der Waals surface area contributed by atoms with Crippen LogP contribution in [0, 0.1) is 10.1 Å². The van der Waals surface area contributed by atoms with Crippen molar-refractivity contribution in [3.8, 4) is 0 Å². The maximum atomic E-state index is 13.3. The topological polar surface area (TPSA) is 336 Å². The Morgan fingerprint density at radius 2 is 0.653 bits per heavy atom. The zero-order valence-electron chi connectivity index (χ0n) is 55.3. The number of methoxy groups -OCH3 is 3. The van der Waals surface area contributed by atoms with E-state index in [1.54, 1.807) is 34.8 Å². The Balaban J connectivity index is 0.000000207. The van der Waals surface area contributed by atoms with Gasteiger partial charge in [-0.3, -0.25) is 24.5 Å². The maximum absolute atomic E-state index is 13.3. The number of nitro groups is 1. The van der Waals surface area contributed by atoms with Crippen molar-refractivity contribution in [2.75, 3.05) is 32.8 Å². The van der Waals surface area contributed by atoms with Crippen LogP contribution in [0.25, 0.3) is 0 Å². The number of hydrogen-bond acceptors (Lipinski definition) is 19. The molecule has 10 N–H and O–H groups in total. The number of aryl methyl sites for hydroxylation is 3. The lowest BCUT2D eigenvalue weighted by Crippen LogP contribution is -2.49. The number of carbonyl (C=O) groups excluding carboxylic acids is 6. The van der Waals surface area contributed by atoms with Crippen molar-refractivity contribution < 1.29 is 47.9 Å². The molecule has 0 spiro atoms. The summed E-state index contributed by atoms with van der Waals surface area (Å²) in [4.78, 5) is 100. The highest BCUT2D eigenvalue weighted by molar-refractivity contribution is 7.10. The van der Waals surface area contributed by atoms with Crippen molar-refractivity contribution >= 4 is 87.1 Å². The van der Waals surface area contributed by atoms with Gasteiger partial charge in [-0.1, -0.05) is 148 Å². The number of ether oxygens (including phenoxy) is 3. The normalized spacial score (nSPS) is 12.5. The first-order chi connectivity index (χ1) is 47.3. The Bertz CT molecular complexity index is 3810. The molecule has 26 heteroatoms. The fourth-order valence-electron chi connectivity index (χ4n) is 10.00. The molecule has 6 atom stereocenters. The van der Waals surface area contributed by atoms with Crippen LogP contribution in [0.3, 0.4) is 0 Å². The molecule has 0 aliphatic carbocycles. The summed E-state index contributed by atoms with van der Waals surface area (Å²) in [6, 6.07) is 46.1. The van der Waals surface area contributed by atoms with Crippen LogP contribution >= 0.6 is 34.0 Å². The first kappa shape index (κ1) is 74.8. The van der Waals surface area contributed by atoms with Gasteiger partial charge in [0.05, 0.1) is 76.5 Å². The smallest absolute Gasteiger partial charge is 0.407 e. The van der Waals surface area contributed by atoms with Gasteiger partial charge >= 0.3 is 18.3 Å². The summed E-state index contributed by atoms with van der Waals surface area (Å²) in [5.41, 5.74) is 20.9. The number of amides is 6. The lowest BCUT2D eigenvalue weighted by Gasteiger charge is -2.23. The third-order valence-corrected chi connectivity index (χ3v) is 18.3. The molecule has 23 nitrogen and oxygen atoms in total. The summed E-state index contributed by atoms with van der Waals surface area (Å²) in [7, 11) is 3.79. The first-order valence-corrected chi connectivity index (χ1v) is 34.3. The number of nitrogens with zero attached hydrogens (tertiary/aromatic N) is 4. The van der Waals surface area contributed by atoms with Gasteiger partial charge in [-0.15, -0.1) is 34.0 Å². The summed E-state index contributed by atoms with van der Waals surface area (Å²) in [5.74, 6) is -0.983. The van der Waals surface area contributed by atoms with Crippen LogP contribution in [-0.2, 0) is 86.4 Å². The van der Waals surface area contributed by atoms with E-state index in [9.17, 15) is 38.9 Å². The summed E-state index contributed by atoms with van der Waals surface area (Å²) in [6.45, 7) is 6.10. The Morgan fingerprint density at radius 3 is 0.888 bits per heavy atom. The molecule has 6 amide bonds. The number of thiazole rings is 3. The monoisotopic (exact) mass is 1390 g/mol. The summed E-state index contributed by atoms with van der Waals surface area (Å²) < 4.78 is 14.2. The van der Waals surface area contributed by atoms with Gasteiger partial charge in [0.15, 0.2) is 0 Å². The molecule has 0 fully saturated rings. The molecule has 0 unspecified atom stereocenters. The first-order valence-electron chi connectivity index (χ1n) is 31.7. The van der Waals surface area contributed by atoms with E-state index in [0.717, 1.165) is 79.1 Å². The van der Waals surface area contributed by atoms with Crippen molar-refractivity contribution in [3.05, 3.63) is 256 Å². The number of nitrogen functional groups attached to an aromatic ring is 2. The van der Waals surface area contributed by atoms with E-state index in [4.69, 9.17) is 25.7 Å². The molecular formula is C72H82N12O11S3. The number of alkyl carbamates (subject to hydrolysis) is 3. The molecule has 9 rings (SSSR count). The lowest BCUT2D eigenvalue weighted by molar-refractivity contribution is -0.384. The zero-order chi connectivity index (χ0) is 70.3. The van der Waals surface area contributed by atoms with Crippen LogP contribution < -0.4 is 43.4 Å². The number of aromatic nitrogens is 3. The van der Waals surface area contributed by atoms with E-state index < -0.39 is 47.4 Å². The van der Waals surface area contributed by atoms with Gasteiger partial charge < -0.3 is 57.6 Å². The molecule has 0 saturated heterocycles. The average Bonchev–Trinajstić information content (AvgIpc) is 1.98. The summed E-state index contributed by atoms with van der Waals surface area (Å²) >= 11 is 4.65. The second kappa shape index (κ2) is 38.8. The molecule has 6 aromatic carbocycles. The van der Waals surface area contributed by atoms with Gasteiger partial charge in [0.25, 0.3) is 5.69 Å². The van der Waals surface area contributed by atoms with Crippen molar-refractivity contribution in [1.29, 1.82) is 0 Å². The molecule has 0 saturated carbocycles. The highest BCUT2D eigenvalue weighted by Crippen LogP contribution is 2.27. The fourth-order valence-corrected chi connectivity index (χ4v) is 12.4. The second-order valence-corrected chi connectivity index (χ2v) is 25.2. The third kappa shape index (κ3) is 24.3. The zero-order valence-corrected chi connectivity index (χ0v) is 57.8. The molecule has 0 aliphatic rings. The number of nitro benzene ring substituents is 1. The largest absolute Gasteiger partial charge is 0.453 e. The Labute approximate surface area is 581 Å². The van der Waals surface area contributed by atoms with E-state index in [-0.39, 0.29) is 41.9 Å². The van der Waals surface area contributed by atoms with Gasteiger partial charge in [0.1, 0.15) is 18.1 Å². The number of anilines is 2. The van der Waals surface area contributed by atoms with Crippen LogP contribution in [0.1, 0.15) is 104 Å². The standard InChI is InChI=1S/C24H26N4O5S.2C24H28N4O3S/c1-3-22-25-21(15-34-22)19(13-17-9-11-18(12-10-17)28(31)32)26-23(29)20(27-24(30)33-2)14-16-7-5-4-6-8-16;2*1-3-22-26-21(15-32-22)19(13-17-9-11-18(25)12-10-17)27-23(29)20(28-24(30)31-2)14-16-7-5-4-6-8-16/h4-12,15,19-20H,3,13-14H2,1-2H3,(H,26,29)(H,27,30);2*4-12,15,19-20H,3,13-14,25H2,1-2H3,(H,27,29)(H,28,30)/t3*19-,20-/m000/s1. The summed E-state index contributed by atoms with van der Waals surface area (Å²) in [5, 5.41) is 36.9. The minimum Gasteiger partial charge on any atom is -0.453 e. The predicted octanol–water partition coefficient (Wildman–Crippen LogP) is 11.3. The number of hydrogen-bond donors (Lipinski definition) is 8. The fraction of sp³-hybridized carbons (Fsp3) is 0.292. The van der Waals surface area contributed by atoms with Crippen molar-refractivity contribution in [3.63, 3.8) is 0 Å². The minimum atomic E-state index is -0.863. The van der Waals surface area contributed by atoms with Gasteiger partial charge in [-0.25, -0.2) is 29.3 Å². The molecule has 3 heterocycles. The maximum Gasteiger partial charge on any atom is 0.407 e. The molecule has 3 aromatic heterocycles. The number of benzene rings is 6. The highest BCUT2D eigenvalue weighted by atomic mass is 32.1. The number of non-ortho nitro benzene ring substituents is 1. The number of nitrogens with one attached hydrogen (secondary N) is 6. The summed E-state index contributed by atoms with van der Waals surface area (Å²) in [6.07, 6.45) is 2.85. The Hall–Kier alpha value is -10.6. The van der Waals surface area contributed by atoms with Gasteiger partial charge in [0.2, 0.25) is 17.7 Å². The van der Waals surface area contributed by atoms with E-state index in [0.29, 0.717) is 49.2 Å². The second-order valence-electron chi connectivity index (χ2n) is 22.4. The van der Waals surface area contributed by atoms with E-state index in [1.807, 2.05) is 176 Å². The van der Waals surface area contributed by atoms with E-state index >= 15 is 0 Å². The molecule has 98 heavy (non-hydrogen) atoms. The molecule has 514 valence electrons. The van der Waals surface area contributed by atoms with Gasteiger partial charge in [0, 0.05) is 58.9 Å². The Kier molecular flexibility index (Phi) is 29.7. The minimum absolute atomic E-state index is 0.00327. The number of carbonyl (C=O) groups is 6. The number of rotatable bonds is 28. The molecule has 9 aromatic rings. The highest BCUT2D eigenvalue weighted by Gasteiger charge is 2.30. The van der Waals surface area contributed by atoms with E-state index in [2.05, 4.69) is 46.9 Å². The average molecular weight is 1390 g/mol. The van der Waals surface area contributed by atoms with Gasteiger partial charge in [-0.2, -0.15) is 0 Å². The van der Waals surface area contributed by atoms with E-state index in [1.165, 1.54) is 44.8 Å². The quantitative estimate of drug-likeness (QED) is 0.00977. The third-order valence-electron chi connectivity index (χ3n) is 15.3. The SMILES string of the molecule is CCc1nc([C@H](Cc2ccc(N)cc2)NC(=O)[C@H](Cc2ccccc2)NC(=O)OC)cs1.CCc1nc([C@H](Cc2ccc(N)cc2)NC(=O)[C@H](Cc2ccccc2)NC(=O)OC)cs1.CCc1nc([C@H](Cc2ccc([N+](=O)[O-])cc2)NC(=O)[C@H](Cc2ccccc2)NC(=O)OC)cs1. The number of nitrogens with two attached hydrogens (primary N) is 2. The van der Waals surface area contributed by atoms with Crippen molar-refractivity contribution in [2.45, 2.75) is 115 Å². The molecule has 0 aliphatic heterocycles. The Morgan fingerprint density at radius 1 is 0.398 bits per heavy atom. The predicted molar refractivity (Wildman–Crippen MR) is 381 cm³/mol. The molecule has 0 bridgehead atoms. The van der Waals surface area contributed by atoms with Gasteiger partial charge in [-0.05, 0) is 96.2 Å². The lowest BCUT2D eigenvalue weighted by atomic mass is 10.0. The van der Waals surface area contributed by atoms with Crippen molar-refractivity contribution in [1.82, 2.24) is 46.9 Å². The molecule has 0 radical (unpaired) electrons. The van der Waals surface area contributed by atoms with Crippen LogP contribution in [-0.4, -0.2) is 95.3 Å². The molecular weight excluding hydrogens is 1310 g/mol. The van der Waals surface area contributed by atoms with Crippen molar-refractivity contribution in [2.24, 2.45) is 0 Å². The van der Waals surface area contributed by atoms with Crippen LogP contribution in [0.5, 0.6) is 0 Å². The van der Waals surface area contributed by atoms with Crippen LogP contribution in [0.2, 0.25) is 0 Å². The van der Waals surface area contributed by atoms with Crippen LogP contribution in [0.4, 0.5) is 31.4 Å². The van der Waals surface area contributed by atoms with Crippen LogP contribution in [0.15, 0.2) is 180 Å².